The van der Waals surface area contributed by atoms with Gasteiger partial charge in [-0.3, -0.25) is 9.69 Å². The van der Waals surface area contributed by atoms with Crippen LogP contribution in [0.3, 0.4) is 0 Å². The minimum absolute atomic E-state index is 0.123. The first kappa shape index (κ1) is 13.2. The monoisotopic (exact) mass is 268 g/mol. The van der Waals surface area contributed by atoms with Gasteiger partial charge in [-0.25, -0.2) is 0 Å². The number of hydrogen-bond donors (Lipinski definition) is 1. The number of hydrogen-bond acceptors (Lipinski definition) is 3. The molecule has 98 valence electrons. The molecule has 18 heavy (non-hydrogen) atoms. The third kappa shape index (κ3) is 3.62. The van der Waals surface area contributed by atoms with Crippen LogP contribution < -0.4 is 10.5 Å². The van der Waals surface area contributed by atoms with Crippen molar-refractivity contribution in [2.75, 3.05) is 19.7 Å². The fraction of sp³-hybridized carbons (Fsp3) is 0.462. The average Bonchev–Trinajstić information content (AvgIpc) is 2.82. The van der Waals surface area contributed by atoms with Gasteiger partial charge in [-0.15, -0.1) is 0 Å². The summed E-state index contributed by atoms with van der Waals surface area (Å²) in [6.07, 6.45) is 2.52. The lowest BCUT2D eigenvalue weighted by Gasteiger charge is -2.16. The number of likely N-dealkylation sites (tertiary alicyclic amines) is 1. The van der Waals surface area contributed by atoms with Crippen LogP contribution in [-0.2, 0) is 11.3 Å². The Balaban J connectivity index is 1.97. The third-order valence-corrected chi connectivity index (χ3v) is 3.35. The van der Waals surface area contributed by atoms with E-state index in [1.165, 1.54) is 12.8 Å². The summed E-state index contributed by atoms with van der Waals surface area (Å²) in [6, 6.07) is 5.49. The smallest absolute Gasteiger partial charge is 0.255 e. The normalized spacial score (nSPS) is 15.8. The van der Waals surface area contributed by atoms with Crippen LogP contribution in [0.25, 0.3) is 0 Å². The molecule has 0 unspecified atom stereocenters. The van der Waals surface area contributed by atoms with E-state index in [9.17, 15) is 4.79 Å². The number of nitrogens with zero attached hydrogens (tertiary/aromatic N) is 1. The van der Waals surface area contributed by atoms with E-state index in [2.05, 4.69) is 4.90 Å². The highest BCUT2D eigenvalue weighted by molar-refractivity contribution is 6.31. The number of carbonyl (C=O) groups excluding carboxylic acids is 1. The molecular formula is C13H17ClN2O2. The second-order valence-corrected chi connectivity index (χ2v) is 4.90. The Morgan fingerprint density at radius 2 is 2.11 bits per heavy atom. The Labute approximate surface area is 112 Å². The highest BCUT2D eigenvalue weighted by Gasteiger charge is 2.13. The molecule has 1 fully saturated rings. The summed E-state index contributed by atoms with van der Waals surface area (Å²) in [5.41, 5.74) is 6.10. The zero-order valence-electron chi connectivity index (χ0n) is 10.2. The predicted octanol–water partition coefficient (Wildman–Crippen LogP) is 1.80. The SMILES string of the molecule is NC(=O)COc1ccc(CN2CCCC2)c(Cl)c1. The molecular weight excluding hydrogens is 252 g/mol. The van der Waals surface area contributed by atoms with Crippen molar-refractivity contribution in [3.8, 4) is 5.75 Å². The molecule has 2 rings (SSSR count). The van der Waals surface area contributed by atoms with Gasteiger partial charge in [0.1, 0.15) is 5.75 Å². The second kappa shape index (κ2) is 6.07. The summed E-state index contributed by atoms with van der Waals surface area (Å²) in [6.45, 7) is 3.02. The molecule has 1 heterocycles. The maximum absolute atomic E-state index is 10.6. The first-order chi connectivity index (χ1) is 8.65. The molecule has 1 amide bonds. The Kier molecular flexibility index (Phi) is 4.44. The van der Waals surface area contributed by atoms with Crippen molar-refractivity contribution in [1.82, 2.24) is 4.90 Å². The summed E-state index contributed by atoms with van der Waals surface area (Å²) in [5, 5.41) is 0.670. The summed E-state index contributed by atoms with van der Waals surface area (Å²) in [5.74, 6) is 0.0798. The Bertz CT molecular complexity index is 431. The number of primary amides is 1. The number of ether oxygens (including phenoxy) is 1. The fourth-order valence-electron chi connectivity index (χ4n) is 2.08. The van der Waals surface area contributed by atoms with Gasteiger partial charge in [-0.1, -0.05) is 17.7 Å². The molecule has 0 aliphatic carbocycles. The van der Waals surface area contributed by atoms with Crippen LogP contribution in [0.15, 0.2) is 18.2 Å². The van der Waals surface area contributed by atoms with Crippen LogP contribution in [-0.4, -0.2) is 30.5 Å². The van der Waals surface area contributed by atoms with Crippen molar-refractivity contribution >= 4 is 17.5 Å². The Morgan fingerprint density at radius 3 is 2.72 bits per heavy atom. The van der Waals surface area contributed by atoms with Gasteiger partial charge in [-0.2, -0.15) is 0 Å². The zero-order valence-corrected chi connectivity index (χ0v) is 10.9. The lowest BCUT2D eigenvalue weighted by molar-refractivity contribution is -0.119. The van der Waals surface area contributed by atoms with Gasteiger partial charge in [0.05, 0.1) is 0 Å². The van der Waals surface area contributed by atoms with Crippen LogP contribution >= 0.6 is 11.6 Å². The summed E-state index contributed by atoms with van der Waals surface area (Å²) < 4.78 is 5.20. The first-order valence-corrected chi connectivity index (χ1v) is 6.45. The van der Waals surface area contributed by atoms with Crippen LogP contribution in [0.4, 0.5) is 0 Å². The summed E-state index contributed by atoms with van der Waals surface area (Å²) >= 11 is 6.20. The number of nitrogens with two attached hydrogens (primary N) is 1. The first-order valence-electron chi connectivity index (χ1n) is 6.07. The van der Waals surface area contributed by atoms with E-state index < -0.39 is 5.91 Å². The number of halogens is 1. The van der Waals surface area contributed by atoms with Crippen molar-refractivity contribution in [1.29, 1.82) is 0 Å². The summed E-state index contributed by atoms with van der Waals surface area (Å²) in [7, 11) is 0. The van der Waals surface area contributed by atoms with Crippen LogP contribution in [0.2, 0.25) is 5.02 Å². The van der Waals surface area contributed by atoms with Gasteiger partial charge in [0.2, 0.25) is 0 Å². The fourth-order valence-corrected chi connectivity index (χ4v) is 2.31. The number of carbonyl (C=O) groups is 1. The van der Waals surface area contributed by atoms with E-state index in [0.717, 1.165) is 25.2 Å². The molecule has 1 aromatic rings. The van der Waals surface area contributed by atoms with Gasteiger partial charge in [-0.05, 0) is 43.6 Å². The van der Waals surface area contributed by atoms with E-state index in [1.807, 2.05) is 12.1 Å². The maximum atomic E-state index is 10.6. The molecule has 0 radical (unpaired) electrons. The van der Waals surface area contributed by atoms with Crippen molar-refractivity contribution in [2.24, 2.45) is 5.73 Å². The molecule has 1 aromatic carbocycles. The number of amides is 1. The van der Waals surface area contributed by atoms with Crippen molar-refractivity contribution in [3.05, 3.63) is 28.8 Å². The molecule has 4 nitrogen and oxygen atoms in total. The van der Waals surface area contributed by atoms with E-state index in [-0.39, 0.29) is 6.61 Å². The van der Waals surface area contributed by atoms with Gasteiger partial charge < -0.3 is 10.5 Å². The standard InChI is InChI=1S/C13H17ClN2O2/c14-12-7-11(18-9-13(15)17)4-3-10(12)8-16-5-1-2-6-16/h3-4,7H,1-2,5-6,8-9H2,(H2,15,17). The molecule has 1 aliphatic rings. The lowest BCUT2D eigenvalue weighted by Crippen LogP contribution is -2.20. The highest BCUT2D eigenvalue weighted by atomic mass is 35.5. The van der Waals surface area contributed by atoms with E-state index in [1.54, 1.807) is 6.07 Å². The maximum Gasteiger partial charge on any atom is 0.255 e. The van der Waals surface area contributed by atoms with E-state index >= 15 is 0 Å². The Morgan fingerprint density at radius 1 is 1.39 bits per heavy atom. The molecule has 0 spiro atoms. The van der Waals surface area contributed by atoms with Gasteiger partial charge in [0.15, 0.2) is 6.61 Å². The molecule has 1 aliphatic heterocycles. The third-order valence-electron chi connectivity index (χ3n) is 3.00. The lowest BCUT2D eigenvalue weighted by atomic mass is 10.2. The van der Waals surface area contributed by atoms with Crippen LogP contribution in [0.1, 0.15) is 18.4 Å². The van der Waals surface area contributed by atoms with E-state index in [4.69, 9.17) is 22.1 Å². The number of rotatable bonds is 5. The predicted molar refractivity (Wildman–Crippen MR) is 70.7 cm³/mol. The van der Waals surface area contributed by atoms with Gasteiger partial charge >= 0.3 is 0 Å². The molecule has 0 bridgehead atoms. The van der Waals surface area contributed by atoms with Crippen molar-refractivity contribution < 1.29 is 9.53 Å². The van der Waals surface area contributed by atoms with Crippen molar-refractivity contribution in [2.45, 2.75) is 19.4 Å². The molecule has 1 saturated heterocycles. The average molecular weight is 269 g/mol. The zero-order chi connectivity index (χ0) is 13.0. The summed E-state index contributed by atoms with van der Waals surface area (Å²) in [4.78, 5) is 13.0. The minimum atomic E-state index is -0.493. The highest BCUT2D eigenvalue weighted by Crippen LogP contribution is 2.24. The van der Waals surface area contributed by atoms with Crippen LogP contribution in [0.5, 0.6) is 5.75 Å². The molecule has 0 aromatic heterocycles. The molecule has 0 atom stereocenters. The topological polar surface area (TPSA) is 55.6 Å². The second-order valence-electron chi connectivity index (χ2n) is 4.49. The van der Waals surface area contributed by atoms with Gasteiger partial charge in [0.25, 0.3) is 5.91 Å². The largest absolute Gasteiger partial charge is 0.484 e. The van der Waals surface area contributed by atoms with Gasteiger partial charge in [0, 0.05) is 11.6 Å². The number of benzene rings is 1. The van der Waals surface area contributed by atoms with E-state index in [0.29, 0.717) is 10.8 Å². The molecule has 0 saturated carbocycles. The molecule has 2 N–H and O–H groups in total. The molecule has 5 heteroatoms. The minimum Gasteiger partial charge on any atom is -0.484 e. The Hall–Kier alpha value is -1.26. The van der Waals surface area contributed by atoms with Crippen LogP contribution in [0, 0.1) is 0 Å². The van der Waals surface area contributed by atoms with Crippen molar-refractivity contribution in [3.63, 3.8) is 0 Å². The quantitative estimate of drug-likeness (QED) is 0.886.